The van der Waals surface area contributed by atoms with Crippen molar-refractivity contribution in [3.63, 3.8) is 0 Å². The molecule has 0 saturated carbocycles. The second-order valence-corrected chi connectivity index (χ2v) is 8.77. The summed E-state index contributed by atoms with van der Waals surface area (Å²) in [6.07, 6.45) is 0. The third-order valence-corrected chi connectivity index (χ3v) is 7.45. The first-order valence-corrected chi connectivity index (χ1v) is 10.9. The van der Waals surface area contributed by atoms with E-state index in [0.29, 0.717) is 18.0 Å². The summed E-state index contributed by atoms with van der Waals surface area (Å²) in [5.41, 5.74) is 4.68. The quantitative estimate of drug-likeness (QED) is 0.592. The molecule has 1 heterocycles. The summed E-state index contributed by atoms with van der Waals surface area (Å²) >= 11 is 0. The van der Waals surface area contributed by atoms with E-state index in [1.807, 2.05) is 55.5 Å². The van der Waals surface area contributed by atoms with E-state index >= 15 is 0 Å². The van der Waals surface area contributed by atoms with Gasteiger partial charge >= 0.3 is 0 Å². The lowest BCUT2D eigenvalue weighted by Gasteiger charge is -2.52. The fourth-order valence-corrected chi connectivity index (χ4v) is 6.31. The molecule has 1 saturated heterocycles. The normalized spacial score (nSPS) is 27.7. The Labute approximate surface area is 181 Å². The summed E-state index contributed by atoms with van der Waals surface area (Å²) in [6, 6.07) is 24.0. The molecule has 7 rings (SSSR count). The monoisotopic (exact) mass is 409 g/mol. The van der Waals surface area contributed by atoms with Crippen LogP contribution in [0.15, 0.2) is 72.8 Å². The zero-order valence-electron chi connectivity index (χ0n) is 17.5. The summed E-state index contributed by atoms with van der Waals surface area (Å²) in [4.78, 5) is 29.3. The number of carbonyl (C=O) groups excluding carboxylic acids is 2. The maximum atomic E-state index is 14.0. The van der Waals surface area contributed by atoms with E-state index in [1.165, 1.54) is 27.2 Å². The molecule has 154 valence electrons. The van der Waals surface area contributed by atoms with Crippen molar-refractivity contribution in [2.75, 3.05) is 11.5 Å². The molecule has 31 heavy (non-hydrogen) atoms. The molecule has 2 amide bonds. The first kappa shape index (κ1) is 18.4. The van der Waals surface area contributed by atoms with Crippen LogP contribution < -0.4 is 9.64 Å². The number of imide groups is 1. The Morgan fingerprint density at radius 3 is 2.06 bits per heavy atom. The van der Waals surface area contributed by atoms with Crippen molar-refractivity contribution in [1.29, 1.82) is 0 Å². The lowest BCUT2D eigenvalue weighted by atomic mass is 9.48. The zero-order chi connectivity index (χ0) is 21.3. The summed E-state index contributed by atoms with van der Waals surface area (Å²) < 4.78 is 5.77. The Bertz CT molecular complexity index is 1200. The van der Waals surface area contributed by atoms with Crippen LogP contribution in [0.3, 0.4) is 0 Å². The highest BCUT2D eigenvalue weighted by Crippen LogP contribution is 2.64. The predicted molar refractivity (Wildman–Crippen MR) is 118 cm³/mol. The molecule has 4 nitrogen and oxygen atoms in total. The average Bonchev–Trinajstić information content (AvgIpc) is 3.06. The number of hydrogen-bond donors (Lipinski definition) is 0. The van der Waals surface area contributed by atoms with Crippen LogP contribution in [0.2, 0.25) is 0 Å². The number of ether oxygens (including phenoxy) is 1. The van der Waals surface area contributed by atoms with Gasteiger partial charge in [-0.05, 0) is 41.3 Å². The van der Waals surface area contributed by atoms with E-state index < -0.39 is 17.3 Å². The third-order valence-electron chi connectivity index (χ3n) is 7.45. The molecule has 0 spiro atoms. The molecule has 3 aromatic carbocycles. The number of amides is 2. The van der Waals surface area contributed by atoms with Crippen molar-refractivity contribution in [3.05, 3.63) is 95.1 Å². The number of carbonyl (C=O) groups is 2. The summed E-state index contributed by atoms with van der Waals surface area (Å²) in [7, 11) is 0. The molecular weight excluding hydrogens is 386 g/mol. The number of rotatable bonds is 3. The molecule has 0 radical (unpaired) electrons. The van der Waals surface area contributed by atoms with Gasteiger partial charge in [0.25, 0.3) is 0 Å². The number of benzene rings is 3. The van der Waals surface area contributed by atoms with Crippen LogP contribution in [-0.2, 0) is 15.0 Å². The highest BCUT2D eigenvalue weighted by molar-refractivity contribution is 6.24. The number of hydrogen-bond acceptors (Lipinski definition) is 3. The standard InChI is InChI=1S/C27H23NO3/c1-3-31-21-15-9-8-14-20(21)28-25(29)23-22-16-10-4-6-12-18(16)27(2,24(23)26(28)30)19-13-7-5-11-17(19)22/h4-15,22-24H,3H2,1-2H3. The Balaban J connectivity index is 1.59. The molecule has 2 atom stereocenters. The van der Waals surface area contributed by atoms with Crippen molar-refractivity contribution >= 4 is 17.5 Å². The molecule has 0 N–H and O–H groups in total. The molecule has 1 aliphatic heterocycles. The highest BCUT2D eigenvalue weighted by Gasteiger charge is 2.66. The van der Waals surface area contributed by atoms with Gasteiger partial charge in [-0.1, -0.05) is 67.6 Å². The summed E-state index contributed by atoms with van der Waals surface area (Å²) in [5, 5.41) is 0. The molecular formula is C27H23NO3. The third kappa shape index (κ3) is 2.15. The van der Waals surface area contributed by atoms with Crippen molar-refractivity contribution in [2.45, 2.75) is 25.2 Å². The minimum Gasteiger partial charge on any atom is -0.492 e. The van der Waals surface area contributed by atoms with Gasteiger partial charge in [-0.15, -0.1) is 0 Å². The van der Waals surface area contributed by atoms with Crippen molar-refractivity contribution in [2.24, 2.45) is 11.8 Å². The van der Waals surface area contributed by atoms with E-state index in [2.05, 4.69) is 31.2 Å². The second kappa shape index (κ2) is 6.30. The van der Waals surface area contributed by atoms with Gasteiger partial charge in [0.2, 0.25) is 11.8 Å². The van der Waals surface area contributed by atoms with Gasteiger partial charge in [-0.2, -0.15) is 0 Å². The fourth-order valence-electron chi connectivity index (χ4n) is 6.31. The summed E-state index contributed by atoms with van der Waals surface area (Å²) in [5.74, 6) is -0.625. The van der Waals surface area contributed by atoms with Gasteiger partial charge in [0.15, 0.2) is 0 Å². The van der Waals surface area contributed by atoms with E-state index in [-0.39, 0.29) is 17.7 Å². The Kier molecular flexibility index (Phi) is 3.73. The topological polar surface area (TPSA) is 46.6 Å². The van der Waals surface area contributed by atoms with E-state index in [1.54, 1.807) is 0 Å². The Morgan fingerprint density at radius 1 is 0.839 bits per heavy atom. The Hall–Kier alpha value is -3.40. The van der Waals surface area contributed by atoms with Gasteiger partial charge in [-0.25, -0.2) is 4.90 Å². The number of nitrogens with zero attached hydrogens (tertiary/aromatic N) is 1. The lowest BCUT2D eigenvalue weighted by molar-refractivity contribution is -0.123. The van der Waals surface area contributed by atoms with Crippen molar-refractivity contribution in [1.82, 2.24) is 0 Å². The van der Waals surface area contributed by atoms with Crippen molar-refractivity contribution in [3.8, 4) is 5.75 Å². The van der Waals surface area contributed by atoms with Crippen LogP contribution in [0.5, 0.6) is 5.75 Å². The van der Waals surface area contributed by atoms with E-state index in [0.717, 1.165) is 0 Å². The maximum absolute atomic E-state index is 14.0. The highest BCUT2D eigenvalue weighted by atomic mass is 16.5. The first-order valence-electron chi connectivity index (χ1n) is 10.9. The van der Waals surface area contributed by atoms with Crippen LogP contribution in [0.1, 0.15) is 42.0 Å². The van der Waals surface area contributed by atoms with Crippen LogP contribution in [0, 0.1) is 11.8 Å². The molecule has 2 bridgehead atoms. The van der Waals surface area contributed by atoms with Gasteiger partial charge in [0.1, 0.15) is 5.75 Å². The maximum Gasteiger partial charge on any atom is 0.239 e. The minimum absolute atomic E-state index is 0.111. The van der Waals surface area contributed by atoms with Gasteiger partial charge in [0, 0.05) is 11.3 Å². The van der Waals surface area contributed by atoms with Gasteiger partial charge in [-0.3, -0.25) is 9.59 Å². The molecule has 4 heteroatoms. The minimum atomic E-state index is -0.547. The largest absolute Gasteiger partial charge is 0.492 e. The zero-order valence-corrected chi connectivity index (χ0v) is 17.5. The van der Waals surface area contributed by atoms with Crippen LogP contribution in [0.25, 0.3) is 0 Å². The molecule has 1 fully saturated rings. The predicted octanol–water partition coefficient (Wildman–Crippen LogP) is 4.66. The molecule has 3 aromatic rings. The molecule has 0 aromatic heterocycles. The lowest BCUT2D eigenvalue weighted by Crippen LogP contribution is -2.51. The number of para-hydroxylation sites is 2. The SMILES string of the molecule is CCOc1ccccc1N1C(=O)C2C3c4ccccc4C(C)(c4ccccc43)C2C1=O. The molecule has 2 unspecified atom stereocenters. The van der Waals surface area contributed by atoms with Crippen LogP contribution in [-0.4, -0.2) is 18.4 Å². The smallest absolute Gasteiger partial charge is 0.239 e. The van der Waals surface area contributed by atoms with E-state index in [4.69, 9.17) is 4.74 Å². The molecule has 4 aliphatic rings. The Morgan fingerprint density at radius 2 is 1.42 bits per heavy atom. The second-order valence-electron chi connectivity index (χ2n) is 8.77. The molecule has 3 aliphatic carbocycles. The summed E-state index contributed by atoms with van der Waals surface area (Å²) in [6.45, 7) is 4.51. The van der Waals surface area contributed by atoms with Crippen LogP contribution >= 0.6 is 0 Å². The first-order chi connectivity index (χ1) is 15.1. The van der Waals surface area contributed by atoms with Crippen LogP contribution in [0.4, 0.5) is 5.69 Å². The van der Waals surface area contributed by atoms with Gasteiger partial charge in [0.05, 0.1) is 24.1 Å². The van der Waals surface area contributed by atoms with E-state index in [9.17, 15) is 9.59 Å². The fraction of sp³-hybridized carbons (Fsp3) is 0.259. The van der Waals surface area contributed by atoms with Gasteiger partial charge < -0.3 is 4.74 Å². The van der Waals surface area contributed by atoms with Crippen molar-refractivity contribution < 1.29 is 14.3 Å². The average molecular weight is 409 g/mol. The number of anilines is 1.